The summed E-state index contributed by atoms with van der Waals surface area (Å²) in [4.78, 5) is 25.0. The van der Waals surface area contributed by atoms with Crippen LogP contribution in [0.1, 0.15) is 75.3 Å². The first kappa shape index (κ1) is 26.6. The van der Waals surface area contributed by atoms with Crippen LogP contribution in [0.3, 0.4) is 0 Å². The van der Waals surface area contributed by atoms with Gasteiger partial charge in [0.25, 0.3) is 5.88 Å². The van der Waals surface area contributed by atoms with Gasteiger partial charge in [-0.05, 0) is 59.0 Å². The summed E-state index contributed by atoms with van der Waals surface area (Å²) in [5, 5.41) is 14.0. The number of hydrogen-bond donors (Lipinski definition) is 1. The zero-order valence-electron chi connectivity index (χ0n) is 21.9. The average Bonchev–Trinajstić information content (AvgIpc) is 3.55. The number of ketones is 1. The Morgan fingerprint density at radius 2 is 1.89 bits per heavy atom. The van der Waals surface area contributed by atoms with E-state index in [-0.39, 0.29) is 40.5 Å². The first-order valence-electron chi connectivity index (χ1n) is 13.4. The summed E-state index contributed by atoms with van der Waals surface area (Å²) in [5.41, 5.74) is -0.254. The zero-order chi connectivity index (χ0) is 26.2. The SMILES string of the molecule is COc1c(Cl)nc(C(=O)C2CCC[C@@]3(CCCCC34OCCO4)/C2=N/O)nc1O[C@@H](C)[C@@H]1CCCN1C. The minimum atomic E-state index is -0.860. The van der Waals surface area contributed by atoms with E-state index < -0.39 is 17.1 Å². The van der Waals surface area contributed by atoms with Crippen molar-refractivity contribution in [3.8, 4) is 11.6 Å². The number of aromatic nitrogens is 2. The molecule has 11 heteroatoms. The molecule has 2 aliphatic heterocycles. The molecule has 0 radical (unpaired) electrons. The first-order chi connectivity index (χ1) is 17.9. The molecule has 204 valence electrons. The van der Waals surface area contributed by atoms with E-state index in [4.69, 9.17) is 30.5 Å². The Hall–Kier alpha value is -2.01. The van der Waals surface area contributed by atoms with Gasteiger partial charge in [-0.25, -0.2) is 4.98 Å². The monoisotopic (exact) mass is 536 g/mol. The quantitative estimate of drug-likeness (QED) is 0.248. The fraction of sp³-hybridized carbons (Fsp3) is 0.769. The fourth-order valence-electron chi connectivity index (χ4n) is 7.06. The fourth-order valence-corrected chi connectivity index (χ4v) is 7.30. The Morgan fingerprint density at radius 3 is 2.57 bits per heavy atom. The van der Waals surface area contributed by atoms with Crippen molar-refractivity contribution in [2.24, 2.45) is 16.5 Å². The Bertz CT molecular complexity index is 1040. The van der Waals surface area contributed by atoms with Crippen molar-refractivity contribution in [1.29, 1.82) is 0 Å². The lowest BCUT2D eigenvalue weighted by Gasteiger charge is -2.53. The van der Waals surface area contributed by atoms with Gasteiger partial charge in [0.15, 0.2) is 10.9 Å². The molecule has 2 saturated heterocycles. The van der Waals surface area contributed by atoms with Crippen molar-refractivity contribution < 1.29 is 28.9 Å². The smallest absolute Gasteiger partial charge is 0.262 e. The summed E-state index contributed by atoms with van der Waals surface area (Å²) >= 11 is 6.46. The minimum Gasteiger partial charge on any atom is -0.489 e. The maximum atomic E-state index is 13.9. The number of carbonyl (C=O) groups is 1. The third-order valence-corrected chi connectivity index (χ3v) is 9.07. The number of fused-ring (bicyclic) bond motifs is 1. The molecule has 4 aliphatic rings. The Kier molecular flexibility index (Phi) is 7.64. The number of likely N-dealkylation sites (N-methyl/N-ethyl adjacent to an activating group) is 1. The molecule has 4 fully saturated rings. The number of halogens is 1. The van der Waals surface area contributed by atoms with Gasteiger partial charge in [0.05, 0.1) is 37.4 Å². The molecule has 0 amide bonds. The minimum absolute atomic E-state index is 0.00688. The number of carbonyl (C=O) groups excluding carboxylic acids is 1. The van der Waals surface area contributed by atoms with Gasteiger partial charge in [-0.2, -0.15) is 4.98 Å². The molecule has 1 aromatic rings. The number of ether oxygens (including phenoxy) is 4. The van der Waals surface area contributed by atoms with E-state index in [9.17, 15) is 10.0 Å². The van der Waals surface area contributed by atoms with Gasteiger partial charge in [0, 0.05) is 12.5 Å². The molecular formula is C26H37ClN4O6. The topological polar surface area (TPSA) is 116 Å². The highest BCUT2D eigenvalue weighted by Crippen LogP contribution is 2.57. The van der Waals surface area contributed by atoms with E-state index in [1.165, 1.54) is 7.11 Å². The van der Waals surface area contributed by atoms with Crippen molar-refractivity contribution >= 4 is 23.1 Å². The number of methoxy groups -OCH3 is 1. The highest BCUT2D eigenvalue weighted by molar-refractivity contribution is 6.31. The predicted molar refractivity (Wildman–Crippen MR) is 136 cm³/mol. The molecule has 37 heavy (non-hydrogen) atoms. The first-order valence-corrected chi connectivity index (χ1v) is 13.8. The lowest BCUT2D eigenvalue weighted by atomic mass is 9.57. The second kappa shape index (κ2) is 10.6. The van der Waals surface area contributed by atoms with Crippen LogP contribution in [-0.2, 0) is 9.47 Å². The lowest BCUT2D eigenvalue weighted by molar-refractivity contribution is -0.238. The van der Waals surface area contributed by atoms with Crippen LogP contribution in [0.5, 0.6) is 11.6 Å². The number of Topliss-reactive ketones (excluding diaryl/α,β-unsaturated/α-hetero) is 1. The van der Waals surface area contributed by atoms with Crippen LogP contribution in [0, 0.1) is 11.3 Å². The maximum absolute atomic E-state index is 13.9. The van der Waals surface area contributed by atoms with Crippen LogP contribution in [0.25, 0.3) is 0 Å². The number of rotatable bonds is 6. The molecule has 1 N–H and O–H groups in total. The Balaban J connectivity index is 1.46. The van der Waals surface area contributed by atoms with Gasteiger partial charge in [0.2, 0.25) is 17.4 Å². The predicted octanol–water partition coefficient (Wildman–Crippen LogP) is 4.12. The molecule has 3 heterocycles. The summed E-state index contributed by atoms with van der Waals surface area (Å²) in [6.07, 6.45) is 7.30. The highest BCUT2D eigenvalue weighted by Gasteiger charge is 2.62. The van der Waals surface area contributed by atoms with Crippen LogP contribution in [-0.4, -0.2) is 83.4 Å². The van der Waals surface area contributed by atoms with E-state index >= 15 is 0 Å². The number of hydrogen-bond acceptors (Lipinski definition) is 10. The largest absolute Gasteiger partial charge is 0.489 e. The molecule has 4 atom stereocenters. The second-order valence-electron chi connectivity index (χ2n) is 10.7. The van der Waals surface area contributed by atoms with Crippen molar-refractivity contribution in [3.63, 3.8) is 0 Å². The molecule has 5 rings (SSSR count). The maximum Gasteiger partial charge on any atom is 0.262 e. The van der Waals surface area contributed by atoms with Gasteiger partial charge in [-0.3, -0.25) is 9.69 Å². The van der Waals surface area contributed by atoms with E-state index in [1.54, 1.807) is 0 Å². The van der Waals surface area contributed by atoms with Crippen molar-refractivity contribution in [2.75, 3.05) is 33.9 Å². The summed E-state index contributed by atoms with van der Waals surface area (Å²) < 4.78 is 24.0. The highest BCUT2D eigenvalue weighted by atomic mass is 35.5. The van der Waals surface area contributed by atoms with Gasteiger partial charge in [-0.1, -0.05) is 29.6 Å². The zero-order valence-corrected chi connectivity index (χ0v) is 22.6. The van der Waals surface area contributed by atoms with Crippen molar-refractivity contribution in [1.82, 2.24) is 14.9 Å². The van der Waals surface area contributed by atoms with E-state index in [0.29, 0.717) is 31.8 Å². The van der Waals surface area contributed by atoms with Crippen LogP contribution in [0.15, 0.2) is 5.16 Å². The van der Waals surface area contributed by atoms with Crippen LogP contribution in [0.4, 0.5) is 0 Å². The van der Waals surface area contributed by atoms with Crippen molar-refractivity contribution in [3.05, 3.63) is 11.0 Å². The molecule has 1 aromatic heterocycles. The van der Waals surface area contributed by atoms with Crippen LogP contribution >= 0.6 is 11.6 Å². The van der Waals surface area contributed by atoms with Crippen LogP contribution in [0.2, 0.25) is 5.15 Å². The Labute approximate surface area is 222 Å². The number of oxime groups is 1. The standard InChI is InChI=1S/C26H37ClN4O6/c1-16(18-9-7-13-31(18)2)37-24-20(34-3)22(27)28-23(29-24)19(32)17-8-6-11-25(21(17)30-33)10-4-5-12-26(25)35-14-15-36-26/h16-18,33H,4-15H2,1-3H3/b30-21+/t16-,17?,18-,25-/m0/s1. The molecule has 0 bridgehead atoms. The molecule has 2 saturated carbocycles. The third kappa shape index (κ3) is 4.49. The van der Waals surface area contributed by atoms with Crippen molar-refractivity contribution in [2.45, 2.75) is 82.6 Å². The second-order valence-corrected chi connectivity index (χ2v) is 11.1. The van der Waals surface area contributed by atoms with E-state index in [0.717, 1.165) is 51.5 Å². The molecule has 2 aliphatic carbocycles. The summed E-state index contributed by atoms with van der Waals surface area (Å²) in [6.45, 7) is 3.97. The molecule has 0 aromatic carbocycles. The van der Waals surface area contributed by atoms with Gasteiger partial charge >= 0.3 is 0 Å². The van der Waals surface area contributed by atoms with Gasteiger partial charge < -0.3 is 24.2 Å². The van der Waals surface area contributed by atoms with E-state index in [2.05, 4.69) is 27.1 Å². The molecule has 10 nitrogen and oxygen atoms in total. The Morgan fingerprint density at radius 1 is 1.16 bits per heavy atom. The summed E-state index contributed by atoms with van der Waals surface area (Å²) in [6, 6.07) is 0.220. The van der Waals surface area contributed by atoms with Gasteiger partial charge in [-0.15, -0.1) is 0 Å². The summed E-state index contributed by atoms with van der Waals surface area (Å²) in [7, 11) is 3.54. The third-order valence-electron chi connectivity index (χ3n) is 8.82. The molecule has 1 unspecified atom stereocenters. The molecule has 2 spiro atoms. The normalized spacial score (nSPS) is 31.7. The van der Waals surface area contributed by atoms with Gasteiger partial charge in [0.1, 0.15) is 6.10 Å². The summed E-state index contributed by atoms with van der Waals surface area (Å²) in [5.74, 6) is -1.66. The van der Waals surface area contributed by atoms with E-state index in [1.807, 2.05) is 6.92 Å². The lowest BCUT2D eigenvalue weighted by Crippen LogP contribution is -2.60. The average molecular weight is 537 g/mol. The number of nitrogens with zero attached hydrogens (tertiary/aromatic N) is 4. The van der Waals surface area contributed by atoms with Crippen LogP contribution < -0.4 is 9.47 Å². The number of likely N-dealkylation sites (tertiary alicyclic amines) is 1. The molecular weight excluding hydrogens is 500 g/mol.